The maximum absolute atomic E-state index is 11.7. The second-order valence-electron chi connectivity index (χ2n) is 3.84. The molecular formula is C13H19N3O3. The Morgan fingerprint density at radius 3 is 2.58 bits per heavy atom. The summed E-state index contributed by atoms with van der Waals surface area (Å²) in [4.78, 5) is 22.8. The van der Waals surface area contributed by atoms with Crippen LogP contribution < -0.4 is 10.7 Å². The lowest BCUT2D eigenvalue weighted by molar-refractivity contribution is -0.142. The van der Waals surface area contributed by atoms with E-state index in [0.29, 0.717) is 13.2 Å². The molecule has 1 aromatic rings. The van der Waals surface area contributed by atoms with Crippen LogP contribution in [0.5, 0.6) is 0 Å². The van der Waals surface area contributed by atoms with Crippen LogP contribution in [-0.4, -0.2) is 37.2 Å². The van der Waals surface area contributed by atoms with Crippen molar-refractivity contribution in [3.8, 4) is 0 Å². The molecule has 6 nitrogen and oxygen atoms in total. The third-order valence-electron chi connectivity index (χ3n) is 2.36. The van der Waals surface area contributed by atoms with Crippen LogP contribution >= 0.6 is 0 Å². The van der Waals surface area contributed by atoms with Gasteiger partial charge in [-0.05, 0) is 12.5 Å². The van der Waals surface area contributed by atoms with Crippen molar-refractivity contribution >= 4 is 12.0 Å². The number of benzene rings is 1. The van der Waals surface area contributed by atoms with E-state index in [9.17, 15) is 9.59 Å². The first-order valence-electron chi connectivity index (χ1n) is 6.08. The predicted molar refractivity (Wildman–Crippen MR) is 71.1 cm³/mol. The van der Waals surface area contributed by atoms with Gasteiger partial charge in [0.2, 0.25) is 0 Å². The fourth-order valence-corrected chi connectivity index (χ4v) is 1.36. The van der Waals surface area contributed by atoms with Crippen LogP contribution in [0.2, 0.25) is 0 Å². The molecule has 0 spiro atoms. The van der Waals surface area contributed by atoms with Crippen molar-refractivity contribution < 1.29 is 14.3 Å². The summed E-state index contributed by atoms with van der Waals surface area (Å²) in [6.45, 7) is 2.45. The molecule has 19 heavy (non-hydrogen) atoms. The zero-order valence-electron chi connectivity index (χ0n) is 11.2. The van der Waals surface area contributed by atoms with Crippen molar-refractivity contribution in [2.45, 2.75) is 13.5 Å². The van der Waals surface area contributed by atoms with Crippen molar-refractivity contribution in [3.05, 3.63) is 35.9 Å². The third kappa shape index (κ3) is 5.87. The maximum Gasteiger partial charge on any atom is 0.331 e. The van der Waals surface area contributed by atoms with E-state index < -0.39 is 5.97 Å². The third-order valence-corrected chi connectivity index (χ3v) is 2.36. The predicted octanol–water partition coefficient (Wildman–Crippen LogP) is 0.896. The molecule has 0 aliphatic carbocycles. The zero-order valence-corrected chi connectivity index (χ0v) is 11.2. The van der Waals surface area contributed by atoms with Crippen LogP contribution in [0.15, 0.2) is 30.3 Å². The quantitative estimate of drug-likeness (QED) is 0.592. The van der Waals surface area contributed by atoms with Gasteiger partial charge in [-0.2, -0.15) is 0 Å². The van der Waals surface area contributed by atoms with Crippen LogP contribution in [0.3, 0.4) is 0 Å². The van der Waals surface area contributed by atoms with E-state index in [-0.39, 0.29) is 12.6 Å². The Morgan fingerprint density at radius 1 is 1.26 bits per heavy atom. The van der Waals surface area contributed by atoms with Gasteiger partial charge in [0.05, 0.1) is 6.61 Å². The van der Waals surface area contributed by atoms with Crippen LogP contribution in [0, 0.1) is 0 Å². The first-order valence-corrected chi connectivity index (χ1v) is 6.08. The van der Waals surface area contributed by atoms with Gasteiger partial charge in [0.1, 0.15) is 6.54 Å². The van der Waals surface area contributed by atoms with E-state index >= 15 is 0 Å². The molecule has 0 atom stereocenters. The van der Waals surface area contributed by atoms with Crippen LogP contribution in [0.25, 0.3) is 0 Å². The second kappa shape index (κ2) is 8.10. The zero-order chi connectivity index (χ0) is 14.1. The number of ether oxygens (including phenoxy) is 1. The number of esters is 1. The molecule has 0 saturated carbocycles. The van der Waals surface area contributed by atoms with Gasteiger partial charge in [-0.1, -0.05) is 30.3 Å². The summed E-state index contributed by atoms with van der Waals surface area (Å²) in [7, 11) is 1.54. The number of hydrogen-bond acceptors (Lipinski definition) is 4. The Balaban J connectivity index is 2.27. The van der Waals surface area contributed by atoms with Gasteiger partial charge in [0.15, 0.2) is 0 Å². The Labute approximate surface area is 112 Å². The summed E-state index contributed by atoms with van der Waals surface area (Å²) in [5.74, 6) is -0.398. The molecule has 104 valence electrons. The van der Waals surface area contributed by atoms with Crippen molar-refractivity contribution in [1.82, 2.24) is 15.8 Å². The number of amides is 2. The lowest BCUT2D eigenvalue weighted by atomic mass is 10.2. The minimum Gasteiger partial charge on any atom is -0.465 e. The summed E-state index contributed by atoms with van der Waals surface area (Å²) in [6, 6.07) is 9.26. The molecule has 0 unspecified atom stereocenters. The molecule has 0 aromatic heterocycles. The largest absolute Gasteiger partial charge is 0.465 e. The molecule has 0 bridgehead atoms. The van der Waals surface area contributed by atoms with Crippen LogP contribution in [0.4, 0.5) is 4.79 Å². The first-order chi connectivity index (χ1) is 9.13. The fraction of sp³-hybridized carbons (Fsp3) is 0.385. The fourth-order valence-electron chi connectivity index (χ4n) is 1.36. The minimum absolute atomic E-state index is 0.0386. The van der Waals surface area contributed by atoms with Gasteiger partial charge in [-0.15, -0.1) is 0 Å². The van der Waals surface area contributed by atoms with E-state index in [0.717, 1.165) is 5.56 Å². The molecule has 6 heteroatoms. The number of urea groups is 1. The van der Waals surface area contributed by atoms with Crippen molar-refractivity contribution in [2.24, 2.45) is 0 Å². The van der Waals surface area contributed by atoms with Crippen molar-refractivity contribution in [3.63, 3.8) is 0 Å². The summed E-state index contributed by atoms with van der Waals surface area (Å²) < 4.78 is 4.74. The lowest BCUT2D eigenvalue weighted by Gasteiger charge is -2.18. The number of nitrogens with zero attached hydrogens (tertiary/aromatic N) is 1. The molecule has 0 heterocycles. The average molecular weight is 265 g/mol. The van der Waals surface area contributed by atoms with Crippen LogP contribution in [0.1, 0.15) is 12.5 Å². The number of carbonyl (C=O) groups is 2. The molecule has 0 aliphatic heterocycles. The topological polar surface area (TPSA) is 70.7 Å². The number of nitrogens with one attached hydrogen (secondary N) is 2. The minimum atomic E-state index is -0.398. The van der Waals surface area contributed by atoms with E-state index in [2.05, 4.69) is 10.7 Å². The van der Waals surface area contributed by atoms with Gasteiger partial charge < -0.3 is 10.1 Å². The summed E-state index contributed by atoms with van der Waals surface area (Å²) in [5.41, 5.74) is 3.66. The Hall–Kier alpha value is -2.08. The van der Waals surface area contributed by atoms with Gasteiger partial charge >= 0.3 is 12.0 Å². The van der Waals surface area contributed by atoms with Gasteiger partial charge in [-0.3, -0.25) is 9.80 Å². The molecular weight excluding hydrogens is 246 g/mol. The van der Waals surface area contributed by atoms with Crippen molar-refractivity contribution in [2.75, 3.05) is 20.2 Å². The van der Waals surface area contributed by atoms with Crippen LogP contribution in [-0.2, 0) is 16.1 Å². The van der Waals surface area contributed by atoms with E-state index in [1.54, 1.807) is 14.0 Å². The smallest absolute Gasteiger partial charge is 0.331 e. The molecule has 0 fully saturated rings. The van der Waals surface area contributed by atoms with E-state index in [1.165, 1.54) is 5.01 Å². The Kier molecular flexibility index (Phi) is 6.38. The highest BCUT2D eigenvalue weighted by Crippen LogP contribution is 1.97. The molecule has 2 N–H and O–H groups in total. The maximum atomic E-state index is 11.7. The lowest BCUT2D eigenvalue weighted by Crippen LogP contribution is -2.47. The number of hydrogen-bond donors (Lipinski definition) is 2. The Bertz CT molecular complexity index is 409. The summed E-state index contributed by atoms with van der Waals surface area (Å²) in [6.07, 6.45) is 0. The molecule has 1 aromatic carbocycles. The Morgan fingerprint density at radius 2 is 1.95 bits per heavy atom. The van der Waals surface area contributed by atoms with Crippen molar-refractivity contribution in [1.29, 1.82) is 0 Å². The normalized spacial score (nSPS) is 9.79. The number of hydrazine groups is 1. The molecule has 0 radical (unpaired) electrons. The highest BCUT2D eigenvalue weighted by Gasteiger charge is 2.09. The molecule has 0 aliphatic rings. The van der Waals surface area contributed by atoms with Gasteiger partial charge in [0, 0.05) is 13.6 Å². The number of carbonyl (C=O) groups excluding carboxylic acids is 2. The highest BCUT2D eigenvalue weighted by molar-refractivity contribution is 5.75. The van der Waals surface area contributed by atoms with E-state index in [4.69, 9.17) is 4.74 Å². The highest BCUT2D eigenvalue weighted by atomic mass is 16.5. The first kappa shape index (κ1) is 15.0. The SMILES string of the molecule is CCOC(=O)CNN(C)C(=O)NCc1ccccc1. The number of rotatable bonds is 6. The summed E-state index contributed by atoms with van der Waals surface area (Å²) >= 11 is 0. The van der Waals surface area contributed by atoms with E-state index in [1.807, 2.05) is 30.3 Å². The second-order valence-corrected chi connectivity index (χ2v) is 3.84. The summed E-state index contributed by atoms with van der Waals surface area (Å²) in [5, 5.41) is 3.95. The molecule has 2 amide bonds. The monoisotopic (exact) mass is 265 g/mol. The van der Waals surface area contributed by atoms with Gasteiger partial charge in [0.25, 0.3) is 0 Å². The standard InChI is InChI=1S/C13H19N3O3/c1-3-19-12(17)10-15-16(2)13(18)14-9-11-7-5-4-6-8-11/h4-8,15H,3,9-10H2,1-2H3,(H,14,18). The molecule has 0 saturated heterocycles. The average Bonchev–Trinajstić information content (AvgIpc) is 2.43. The molecule has 1 rings (SSSR count). The van der Waals surface area contributed by atoms with Gasteiger partial charge in [-0.25, -0.2) is 10.2 Å².